The monoisotopic (exact) mass is 498 g/mol. The maximum absolute atomic E-state index is 13.9. The minimum atomic E-state index is -0.608. The molecule has 0 aliphatic rings. The van der Waals surface area contributed by atoms with Crippen LogP contribution in [0.5, 0.6) is 11.5 Å². The molecule has 2 aromatic heterocycles. The first-order valence-electron chi connectivity index (χ1n) is 11.7. The van der Waals surface area contributed by atoms with Gasteiger partial charge in [-0.2, -0.15) is 0 Å². The van der Waals surface area contributed by atoms with Crippen molar-refractivity contribution in [1.82, 2.24) is 13.7 Å². The van der Waals surface area contributed by atoms with Crippen molar-refractivity contribution in [3.8, 4) is 17.2 Å². The van der Waals surface area contributed by atoms with Crippen molar-refractivity contribution in [2.24, 2.45) is 7.05 Å². The minimum Gasteiger partial charge on any atom is -0.497 e. The molecule has 9 nitrogen and oxygen atoms in total. The van der Waals surface area contributed by atoms with Gasteiger partial charge in [0.1, 0.15) is 23.6 Å². The summed E-state index contributed by atoms with van der Waals surface area (Å²) in [5.74, 6) is 0.737. The van der Waals surface area contributed by atoms with Gasteiger partial charge in [-0.3, -0.25) is 14.2 Å². The molecule has 0 fully saturated rings. The van der Waals surface area contributed by atoms with Crippen LogP contribution in [-0.4, -0.2) is 33.8 Å². The van der Waals surface area contributed by atoms with Crippen LogP contribution in [0.1, 0.15) is 5.56 Å². The van der Waals surface area contributed by atoms with E-state index in [-0.39, 0.29) is 6.54 Å². The van der Waals surface area contributed by atoms with E-state index in [0.29, 0.717) is 39.3 Å². The Bertz CT molecular complexity index is 1800. The first-order chi connectivity index (χ1) is 17.8. The highest BCUT2D eigenvalue weighted by Gasteiger charge is 2.23. The molecule has 5 rings (SSSR count). The van der Waals surface area contributed by atoms with Crippen molar-refractivity contribution in [1.29, 1.82) is 0 Å². The van der Waals surface area contributed by atoms with Crippen molar-refractivity contribution >= 4 is 33.5 Å². The first-order valence-corrected chi connectivity index (χ1v) is 11.7. The van der Waals surface area contributed by atoms with Gasteiger partial charge in [0.2, 0.25) is 5.91 Å². The molecule has 188 valence electrons. The fraction of sp³-hybridized carbons (Fsp3) is 0.179. The van der Waals surface area contributed by atoms with Gasteiger partial charge in [0.15, 0.2) is 0 Å². The van der Waals surface area contributed by atoms with Crippen molar-refractivity contribution in [2.75, 3.05) is 19.5 Å². The van der Waals surface area contributed by atoms with Crippen LogP contribution in [0, 0.1) is 6.92 Å². The van der Waals surface area contributed by atoms with Crippen LogP contribution in [0.4, 0.5) is 5.69 Å². The van der Waals surface area contributed by atoms with Crippen LogP contribution in [0.2, 0.25) is 0 Å². The number of carbonyl (C=O) groups is 1. The lowest BCUT2D eigenvalue weighted by atomic mass is 10.2. The number of methoxy groups -OCH3 is 2. The van der Waals surface area contributed by atoms with Crippen molar-refractivity contribution in [3.63, 3.8) is 0 Å². The third-order valence-electron chi connectivity index (χ3n) is 6.49. The summed E-state index contributed by atoms with van der Waals surface area (Å²) in [6.45, 7) is 1.52. The molecule has 0 spiro atoms. The number of nitrogens with zero attached hydrogens (tertiary/aromatic N) is 3. The summed E-state index contributed by atoms with van der Waals surface area (Å²) in [6.07, 6.45) is 0. The van der Waals surface area contributed by atoms with Crippen LogP contribution in [-0.2, 0) is 18.4 Å². The summed E-state index contributed by atoms with van der Waals surface area (Å²) in [6, 6.07) is 19.5. The summed E-state index contributed by atoms with van der Waals surface area (Å²) in [7, 11) is 4.86. The van der Waals surface area contributed by atoms with E-state index < -0.39 is 17.2 Å². The van der Waals surface area contributed by atoms with Crippen LogP contribution in [0.25, 0.3) is 27.6 Å². The van der Waals surface area contributed by atoms with E-state index in [1.54, 1.807) is 74.4 Å². The Kier molecular flexibility index (Phi) is 6.04. The number of hydrogen-bond acceptors (Lipinski definition) is 5. The smallest absolute Gasteiger partial charge is 0.336 e. The number of rotatable bonds is 6. The lowest BCUT2D eigenvalue weighted by molar-refractivity contribution is -0.116. The Morgan fingerprint density at radius 1 is 0.892 bits per heavy atom. The highest BCUT2D eigenvalue weighted by Crippen LogP contribution is 2.29. The van der Waals surface area contributed by atoms with E-state index in [4.69, 9.17) is 9.47 Å². The number of para-hydroxylation sites is 1. The molecule has 0 saturated carbocycles. The number of hydrogen-bond donors (Lipinski definition) is 1. The van der Waals surface area contributed by atoms with Gasteiger partial charge in [-0.25, -0.2) is 9.36 Å². The average molecular weight is 499 g/mol. The third-order valence-corrected chi connectivity index (χ3v) is 6.49. The van der Waals surface area contributed by atoms with Gasteiger partial charge < -0.3 is 19.4 Å². The Balaban J connectivity index is 1.78. The molecule has 37 heavy (non-hydrogen) atoms. The van der Waals surface area contributed by atoms with Crippen LogP contribution >= 0.6 is 0 Å². The number of carbonyl (C=O) groups excluding carboxylic acids is 1. The molecule has 5 aromatic rings. The summed E-state index contributed by atoms with van der Waals surface area (Å²) in [4.78, 5) is 41.0. The Morgan fingerprint density at radius 2 is 1.62 bits per heavy atom. The van der Waals surface area contributed by atoms with E-state index in [1.165, 1.54) is 4.57 Å². The van der Waals surface area contributed by atoms with Gasteiger partial charge in [0.25, 0.3) is 5.56 Å². The molecule has 0 unspecified atom stereocenters. The number of aromatic nitrogens is 3. The third kappa shape index (κ3) is 4.04. The standard InChI is InChI=1S/C28H26N4O5/c1-17-8-5-6-11-22(17)32-27(34)26-25(21-15-20(37-4)12-13-23(21)30(26)2)31(28(32)35)16-24(33)29-18-9-7-10-19(14-18)36-3/h5-15H,16H2,1-4H3,(H,29,33). The predicted molar refractivity (Wildman–Crippen MR) is 143 cm³/mol. The van der Waals surface area contributed by atoms with Crippen molar-refractivity contribution < 1.29 is 14.3 Å². The fourth-order valence-electron chi connectivity index (χ4n) is 4.68. The molecule has 0 aliphatic heterocycles. The number of aryl methyl sites for hydroxylation is 2. The molecule has 0 radical (unpaired) electrons. The number of ether oxygens (including phenoxy) is 2. The lowest BCUT2D eigenvalue weighted by Crippen LogP contribution is -2.41. The Hall–Kier alpha value is -4.79. The number of benzene rings is 3. The zero-order valence-corrected chi connectivity index (χ0v) is 20.9. The van der Waals surface area contributed by atoms with Crippen molar-refractivity contribution in [3.05, 3.63) is 93.1 Å². The molecular weight excluding hydrogens is 472 g/mol. The van der Waals surface area contributed by atoms with E-state index in [1.807, 2.05) is 25.1 Å². The highest BCUT2D eigenvalue weighted by atomic mass is 16.5. The van der Waals surface area contributed by atoms with E-state index in [2.05, 4.69) is 5.32 Å². The molecule has 0 aliphatic carbocycles. The second-order valence-electron chi connectivity index (χ2n) is 8.72. The molecule has 9 heteroatoms. The molecular formula is C28H26N4O5. The summed E-state index contributed by atoms with van der Waals surface area (Å²) >= 11 is 0. The van der Waals surface area contributed by atoms with Crippen LogP contribution in [0.3, 0.4) is 0 Å². The second kappa shape index (κ2) is 9.34. The van der Waals surface area contributed by atoms with Crippen molar-refractivity contribution in [2.45, 2.75) is 13.5 Å². The number of anilines is 1. The first kappa shape index (κ1) is 23.9. The van der Waals surface area contributed by atoms with Gasteiger partial charge in [-0.05, 0) is 48.9 Å². The van der Waals surface area contributed by atoms with Gasteiger partial charge in [-0.1, -0.05) is 24.3 Å². The number of fused-ring (bicyclic) bond motifs is 3. The van der Waals surface area contributed by atoms with Gasteiger partial charge in [0, 0.05) is 24.2 Å². The van der Waals surface area contributed by atoms with Gasteiger partial charge >= 0.3 is 5.69 Å². The average Bonchev–Trinajstić information content (AvgIpc) is 3.19. The Labute approximate surface area is 212 Å². The van der Waals surface area contributed by atoms with E-state index in [0.717, 1.165) is 15.6 Å². The Morgan fingerprint density at radius 3 is 2.35 bits per heavy atom. The minimum absolute atomic E-state index is 0.306. The summed E-state index contributed by atoms with van der Waals surface area (Å²) < 4.78 is 14.9. The van der Waals surface area contributed by atoms with Gasteiger partial charge in [0.05, 0.1) is 30.9 Å². The summed E-state index contributed by atoms with van der Waals surface area (Å²) in [5, 5.41) is 3.46. The fourth-order valence-corrected chi connectivity index (χ4v) is 4.68. The zero-order chi connectivity index (χ0) is 26.3. The SMILES string of the molecule is COc1cccc(NC(=O)Cn2c(=O)n(-c3ccccc3C)c(=O)c3c2c2cc(OC)ccc2n3C)c1. The number of nitrogens with one attached hydrogen (secondary N) is 1. The van der Waals surface area contributed by atoms with E-state index >= 15 is 0 Å². The summed E-state index contributed by atoms with van der Waals surface area (Å²) in [5.41, 5.74) is 2.09. The van der Waals surface area contributed by atoms with E-state index in [9.17, 15) is 14.4 Å². The number of amides is 1. The second-order valence-corrected chi connectivity index (χ2v) is 8.72. The molecule has 0 saturated heterocycles. The molecule has 1 N–H and O–H groups in total. The molecule has 1 amide bonds. The highest BCUT2D eigenvalue weighted by molar-refractivity contribution is 6.07. The lowest BCUT2D eigenvalue weighted by Gasteiger charge is -2.15. The normalized spacial score (nSPS) is 11.1. The quantitative estimate of drug-likeness (QED) is 0.386. The molecule has 2 heterocycles. The molecule has 3 aromatic carbocycles. The maximum atomic E-state index is 13.9. The van der Waals surface area contributed by atoms with Gasteiger partial charge in [-0.15, -0.1) is 0 Å². The largest absolute Gasteiger partial charge is 0.497 e. The zero-order valence-electron chi connectivity index (χ0n) is 20.9. The maximum Gasteiger partial charge on any atom is 0.336 e. The molecule has 0 bridgehead atoms. The van der Waals surface area contributed by atoms with Crippen LogP contribution < -0.4 is 26.0 Å². The molecule has 0 atom stereocenters. The topological polar surface area (TPSA) is 96.5 Å². The predicted octanol–water partition coefficient (Wildman–Crippen LogP) is 3.61. The van der Waals surface area contributed by atoms with Crippen LogP contribution in [0.15, 0.2) is 76.3 Å².